The van der Waals surface area contributed by atoms with Crippen molar-refractivity contribution in [3.63, 3.8) is 0 Å². The van der Waals surface area contributed by atoms with Crippen LogP contribution in [0.5, 0.6) is 5.75 Å². The molecule has 0 fully saturated rings. The molecular weight excluding hydrogens is 128 g/mol. The Labute approximate surface area is 60.3 Å². The van der Waals surface area contributed by atoms with E-state index in [1.807, 2.05) is 20.9 Å². The van der Waals surface area contributed by atoms with Gasteiger partial charge in [-0.25, -0.2) is 0 Å². The zero-order valence-corrected chi connectivity index (χ0v) is 6.55. The van der Waals surface area contributed by atoms with Crippen LogP contribution >= 0.6 is 0 Å². The minimum absolute atomic E-state index is 0.338. The van der Waals surface area contributed by atoms with E-state index in [1.165, 1.54) is 0 Å². The Kier molecular flexibility index (Phi) is 1.66. The quantitative estimate of drug-likeness (QED) is 0.631. The van der Waals surface area contributed by atoms with Crippen LogP contribution in [-0.2, 0) is 13.5 Å². The van der Waals surface area contributed by atoms with Crippen LogP contribution in [0.25, 0.3) is 0 Å². The fraction of sp³-hybridized carbons (Fsp3) is 0.571. The third-order valence-electron chi connectivity index (χ3n) is 1.71. The Hall–Kier alpha value is -0.990. The minimum atomic E-state index is 0.338. The number of rotatable bonds is 1. The Bertz CT molecular complexity index is 240. The summed E-state index contributed by atoms with van der Waals surface area (Å²) in [5.41, 5.74) is 1.61. The molecule has 3 heteroatoms. The first-order chi connectivity index (χ1) is 4.66. The predicted octanol–water partition coefficient (Wildman–Crippen LogP) is 0.997. The molecule has 0 saturated carbocycles. The molecule has 1 heterocycles. The van der Waals surface area contributed by atoms with Gasteiger partial charge in [0.25, 0.3) is 0 Å². The normalized spacial score (nSPS) is 10.3. The summed E-state index contributed by atoms with van der Waals surface area (Å²) >= 11 is 0. The molecule has 1 aromatic rings. The maximum absolute atomic E-state index is 9.34. The highest BCUT2D eigenvalue weighted by molar-refractivity contribution is 5.30. The molecule has 0 amide bonds. The summed E-state index contributed by atoms with van der Waals surface area (Å²) in [7, 11) is 1.83. The first-order valence-corrected chi connectivity index (χ1v) is 3.38. The molecule has 0 aliphatic rings. The summed E-state index contributed by atoms with van der Waals surface area (Å²) < 4.78 is 1.69. The number of aromatic nitrogens is 2. The van der Waals surface area contributed by atoms with Gasteiger partial charge in [-0.1, -0.05) is 6.92 Å². The van der Waals surface area contributed by atoms with Crippen LogP contribution in [0.4, 0.5) is 0 Å². The van der Waals surface area contributed by atoms with Crippen LogP contribution in [0.3, 0.4) is 0 Å². The summed E-state index contributed by atoms with van der Waals surface area (Å²) in [5, 5.41) is 13.4. The molecule has 0 saturated heterocycles. The maximum Gasteiger partial charge on any atom is 0.159 e. The maximum atomic E-state index is 9.34. The molecule has 1 aromatic heterocycles. The van der Waals surface area contributed by atoms with E-state index in [9.17, 15) is 5.11 Å². The lowest BCUT2D eigenvalue weighted by molar-refractivity contribution is 0.464. The lowest BCUT2D eigenvalue weighted by Gasteiger charge is -1.90. The lowest BCUT2D eigenvalue weighted by Crippen LogP contribution is -1.92. The van der Waals surface area contributed by atoms with Crippen molar-refractivity contribution in [2.75, 3.05) is 0 Å². The fourth-order valence-electron chi connectivity index (χ4n) is 0.904. The molecule has 0 radical (unpaired) electrons. The van der Waals surface area contributed by atoms with E-state index in [1.54, 1.807) is 4.68 Å². The topological polar surface area (TPSA) is 38.0 Å². The van der Waals surface area contributed by atoms with Gasteiger partial charge in [-0.3, -0.25) is 4.68 Å². The van der Waals surface area contributed by atoms with E-state index in [0.29, 0.717) is 5.75 Å². The smallest absolute Gasteiger partial charge is 0.159 e. The molecule has 10 heavy (non-hydrogen) atoms. The highest BCUT2D eigenvalue weighted by atomic mass is 16.3. The van der Waals surface area contributed by atoms with Gasteiger partial charge in [0.15, 0.2) is 5.75 Å². The lowest BCUT2D eigenvalue weighted by atomic mass is 10.3. The second-order valence-corrected chi connectivity index (χ2v) is 2.36. The van der Waals surface area contributed by atoms with Crippen LogP contribution in [0.1, 0.15) is 18.3 Å². The van der Waals surface area contributed by atoms with E-state index < -0.39 is 0 Å². The molecule has 0 aromatic carbocycles. The largest absolute Gasteiger partial charge is 0.504 e. The highest BCUT2D eigenvalue weighted by Gasteiger charge is 2.07. The molecule has 0 atom stereocenters. The molecule has 1 N–H and O–H groups in total. The van der Waals surface area contributed by atoms with Crippen molar-refractivity contribution in [1.29, 1.82) is 0 Å². The van der Waals surface area contributed by atoms with Crippen LogP contribution in [0, 0.1) is 6.92 Å². The van der Waals surface area contributed by atoms with Crippen molar-refractivity contribution in [1.82, 2.24) is 9.78 Å². The molecule has 0 unspecified atom stereocenters. The van der Waals surface area contributed by atoms with E-state index >= 15 is 0 Å². The summed E-state index contributed by atoms with van der Waals surface area (Å²) in [4.78, 5) is 0. The molecule has 56 valence electrons. The summed E-state index contributed by atoms with van der Waals surface area (Å²) in [6.45, 7) is 3.82. The number of hydrogen-bond acceptors (Lipinski definition) is 2. The Morgan fingerprint density at radius 2 is 2.20 bits per heavy atom. The summed E-state index contributed by atoms with van der Waals surface area (Å²) in [6, 6.07) is 0. The van der Waals surface area contributed by atoms with Gasteiger partial charge in [-0.15, -0.1) is 0 Å². The first-order valence-electron chi connectivity index (χ1n) is 3.38. The third kappa shape index (κ3) is 0.875. The Morgan fingerprint density at radius 1 is 1.60 bits per heavy atom. The molecule has 0 bridgehead atoms. The SMILES string of the molecule is CCc1nn(C)c(C)c1O. The van der Waals surface area contributed by atoms with Gasteiger partial charge in [-0.2, -0.15) is 5.10 Å². The van der Waals surface area contributed by atoms with Crippen molar-refractivity contribution >= 4 is 0 Å². The van der Waals surface area contributed by atoms with Gasteiger partial charge in [-0.05, 0) is 13.3 Å². The predicted molar refractivity (Wildman–Crippen MR) is 39.0 cm³/mol. The van der Waals surface area contributed by atoms with Crippen LogP contribution in [-0.4, -0.2) is 14.9 Å². The van der Waals surface area contributed by atoms with Crippen LogP contribution in [0.2, 0.25) is 0 Å². The average Bonchev–Trinajstić information content (AvgIpc) is 2.17. The second kappa shape index (κ2) is 2.33. The van der Waals surface area contributed by atoms with Crippen molar-refractivity contribution in [2.24, 2.45) is 7.05 Å². The zero-order valence-electron chi connectivity index (χ0n) is 6.55. The highest BCUT2D eigenvalue weighted by Crippen LogP contribution is 2.19. The Morgan fingerprint density at radius 3 is 2.40 bits per heavy atom. The third-order valence-corrected chi connectivity index (χ3v) is 1.71. The molecular formula is C7H12N2O. The van der Waals surface area contributed by atoms with Gasteiger partial charge in [0.1, 0.15) is 5.69 Å². The zero-order chi connectivity index (χ0) is 7.72. The van der Waals surface area contributed by atoms with Gasteiger partial charge in [0.05, 0.1) is 5.69 Å². The Balaban J connectivity index is 3.17. The van der Waals surface area contributed by atoms with Crippen molar-refractivity contribution in [3.8, 4) is 5.75 Å². The number of nitrogens with zero attached hydrogens (tertiary/aromatic N) is 2. The van der Waals surface area contributed by atoms with E-state index in [4.69, 9.17) is 0 Å². The molecule has 0 aliphatic heterocycles. The van der Waals surface area contributed by atoms with Gasteiger partial charge in [0.2, 0.25) is 0 Å². The van der Waals surface area contributed by atoms with E-state index in [2.05, 4.69) is 5.10 Å². The number of aryl methyl sites for hydroxylation is 2. The molecule has 3 nitrogen and oxygen atoms in total. The number of hydrogen-bond donors (Lipinski definition) is 1. The van der Waals surface area contributed by atoms with Crippen LogP contribution in [0.15, 0.2) is 0 Å². The summed E-state index contributed by atoms with van der Waals surface area (Å²) in [5.74, 6) is 0.338. The van der Waals surface area contributed by atoms with Crippen LogP contribution < -0.4 is 0 Å². The van der Waals surface area contributed by atoms with Crippen molar-refractivity contribution in [2.45, 2.75) is 20.3 Å². The van der Waals surface area contributed by atoms with Gasteiger partial charge >= 0.3 is 0 Å². The molecule has 0 spiro atoms. The second-order valence-electron chi connectivity index (χ2n) is 2.36. The van der Waals surface area contributed by atoms with Gasteiger partial charge < -0.3 is 5.11 Å². The molecule has 1 rings (SSSR count). The minimum Gasteiger partial charge on any atom is -0.504 e. The van der Waals surface area contributed by atoms with Gasteiger partial charge in [0, 0.05) is 7.05 Å². The van der Waals surface area contributed by atoms with E-state index in [-0.39, 0.29) is 0 Å². The number of aromatic hydroxyl groups is 1. The standard InChI is InChI=1S/C7H12N2O/c1-4-6-7(10)5(2)9(3)8-6/h10H,4H2,1-3H3. The first kappa shape index (κ1) is 7.12. The molecule has 0 aliphatic carbocycles. The average molecular weight is 140 g/mol. The monoisotopic (exact) mass is 140 g/mol. The van der Waals surface area contributed by atoms with Crippen molar-refractivity contribution < 1.29 is 5.11 Å². The summed E-state index contributed by atoms with van der Waals surface area (Å²) in [6.07, 6.45) is 0.785. The fourth-order valence-corrected chi connectivity index (χ4v) is 0.904. The van der Waals surface area contributed by atoms with E-state index in [0.717, 1.165) is 17.8 Å². The van der Waals surface area contributed by atoms with Crippen molar-refractivity contribution in [3.05, 3.63) is 11.4 Å².